The van der Waals surface area contributed by atoms with Gasteiger partial charge in [0.1, 0.15) is 23.0 Å². The normalized spacial score (nSPS) is 11.2. The highest BCUT2D eigenvalue weighted by atomic mass is 19.4. The maximum atomic E-state index is 13.3. The number of amides is 1. The van der Waals surface area contributed by atoms with Crippen LogP contribution in [0.15, 0.2) is 66.7 Å². The smallest absolute Gasteiger partial charge is 0.416 e. The van der Waals surface area contributed by atoms with Gasteiger partial charge in [-0.1, -0.05) is 6.07 Å². The van der Waals surface area contributed by atoms with E-state index in [1.807, 2.05) is 0 Å². The molecule has 0 aliphatic carbocycles. The average molecular weight is 473 g/mol. The Bertz CT molecular complexity index is 1190. The first-order valence-corrected chi connectivity index (χ1v) is 9.97. The van der Waals surface area contributed by atoms with Crippen LogP contribution in [0.2, 0.25) is 0 Å². The van der Waals surface area contributed by atoms with Crippen molar-refractivity contribution >= 4 is 17.7 Å². The number of halogens is 3. The van der Waals surface area contributed by atoms with Crippen LogP contribution in [0, 0.1) is 0 Å². The summed E-state index contributed by atoms with van der Waals surface area (Å²) in [5.41, 5.74) is -0.530. The second kappa shape index (κ2) is 10.7. The predicted octanol–water partition coefficient (Wildman–Crippen LogP) is 6.18. The van der Waals surface area contributed by atoms with E-state index in [-0.39, 0.29) is 11.4 Å². The van der Waals surface area contributed by atoms with Crippen LogP contribution in [0.5, 0.6) is 28.7 Å². The molecule has 34 heavy (non-hydrogen) atoms. The van der Waals surface area contributed by atoms with Gasteiger partial charge in [-0.15, -0.1) is 0 Å². The minimum absolute atomic E-state index is 0.0296. The third kappa shape index (κ3) is 6.22. The van der Waals surface area contributed by atoms with Crippen molar-refractivity contribution in [2.24, 2.45) is 0 Å². The zero-order valence-corrected chi connectivity index (χ0v) is 18.6. The monoisotopic (exact) mass is 473 g/mol. The lowest BCUT2D eigenvalue weighted by Gasteiger charge is -2.15. The number of anilines is 1. The molecule has 1 amide bonds. The molecule has 0 fully saturated rings. The lowest BCUT2D eigenvalue weighted by Crippen LogP contribution is -2.11. The van der Waals surface area contributed by atoms with Gasteiger partial charge in [0.2, 0.25) is 5.91 Å². The Balaban J connectivity index is 1.89. The largest absolute Gasteiger partial charge is 0.497 e. The molecule has 0 aromatic heterocycles. The van der Waals surface area contributed by atoms with Gasteiger partial charge >= 0.3 is 6.18 Å². The number of hydrogen-bond donors (Lipinski definition) is 1. The van der Waals surface area contributed by atoms with Crippen LogP contribution < -0.4 is 24.3 Å². The Morgan fingerprint density at radius 2 is 1.50 bits per heavy atom. The molecule has 0 saturated heterocycles. The second-order valence-corrected chi connectivity index (χ2v) is 6.92. The molecule has 9 heteroatoms. The van der Waals surface area contributed by atoms with Gasteiger partial charge in [-0.2, -0.15) is 13.2 Å². The molecule has 1 N–H and O–H groups in total. The van der Waals surface area contributed by atoms with E-state index in [0.29, 0.717) is 28.6 Å². The van der Waals surface area contributed by atoms with Crippen LogP contribution >= 0.6 is 0 Å². The van der Waals surface area contributed by atoms with Crippen LogP contribution in [0.3, 0.4) is 0 Å². The van der Waals surface area contributed by atoms with Crippen molar-refractivity contribution in [1.82, 2.24) is 0 Å². The third-order valence-electron chi connectivity index (χ3n) is 4.68. The maximum absolute atomic E-state index is 13.3. The molecule has 3 aromatic rings. The summed E-state index contributed by atoms with van der Waals surface area (Å²) >= 11 is 0. The molecule has 0 radical (unpaired) electrons. The van der Waals surface area contributed by atoms with E-state index < -0.39 is 17.6 Å². The van der Waals surface area contributed by atoms with Crippen LogP contribution in [0.1, 0.15) is 11.1 Å². The van der Waals surface area contributed by atoms with Crippen LogP contribution in [0.4, 0.5) is 18.9 Å². The number of ether oxygens (including phenoxy) is 4. The van der Waals surface area contributed by atoms with Gasteiger partial charge in [0.05, 0.1) is 32.6 Å². The summed E-state index contributed by atoms with van der Waals surface area (Å²) < 4.78 is 61.1. The zero-order valence-electron chi connectivity index (χ0n) is 18.6. The molecule has 0 unspecified atom stereocenters. The molecule has 3 rings (SSSR count). The fourth-order valence-corrected chi connectivity index (χ4v) is 2.99. The van der Waals surface area contributed by atoms with Crippen molar-refractivity contribution in [1.29, 1.82) is 0 Å². The highest BCUT2D eigenvalue weighted by Crippen LogP contribution is 2.37. The standard InChI is InChI=1S/C25H22F3NO5/c1-31-18-5-4-6-20(15-18)34-23-10-8-17(25(26,27)28)14-21(23)29-24(30)12-7-16-13-19(32-2)9-11-22(16)33-3/h4-15H,1-3H3,(H,29,30). The van der Waals surface area contributed by atoms with Crippen molar-refractivity contribution in [3.8, 4) is 28.7 Å². The Labute approximate surface area is 194 Å². The summed E-state index contributed by atoms with van der Waals surface area (Å²) in [6.07, 6.45) is -1.96. The first-order valence-electron chi connectivity index (χ1n) is 9.97. The summed E-state index contributed by atoms with van der Waals surface area (Å²) in [5, 5.41) is 2.45. The molecule has 0 aliphatic heterocycles. The minimum Gasteiger partial charge on any atom is -0.497 e. The van der Waals surface area contributed by atoms with Gasteiger partial charge < -0.3 is 24.3 Å². The number of methoxy groups -OCH3 is 3. The van der Waals surface area contributed by atoms with Gasteiger partial charge in [0, 0.05) is 17.7 Å². The Kier molecular flexibility index (Phi) is 7.68. The fraction of sp³-hybridized carbons (Fsp3) is 0.160. The topological polar surface area (TPSA) is 66.0 Å². The van der Waals surface area contributed by atoms with E-state index in [1.54, 1.807) is 42.5 Å². The molecule has 0 heterocycles. The second-order valence-electron chi connectivity index (χ2n) is 6.92. The SMILES string of the molecule is COc1cccc(Oc2ccc(C(F)(F)F)cc2NC(=O)C=Cc2cc(OC)ccc2OC)c1. The zero-order chi connectivity index (χ0) is 24.7. The lowest BCUT2D eigenvalue weighted by molar-refractivity contribution is -0.137. The first-order chi connectivity index (χ1) is 16.2. The molecule has 178 valence electrons. The number of rotatable bonds is 8. The highest BCUT2D eigenvalue weighted by Gasteiger charge is 2.31. The molecule has 0 spiro atoms. The molecule has 3 aromatic carbocycles. The van der Waals surface area contributed by atoms with Gasteiger partial charge in [0.25, 0.3) is 0 Å². The number of nitrogens with one attached hydrogen (secondary N) is 1. The van der Waals surface area contributed by atoms with Crippen molar-refractivity contribution in [3.05, 3.63) is 77.9 Å². The van der Waals surface area contributed by atoms with E-state index in [9.17, 15) is 18.0 Å². The van der Waals surface area contributed by atoms with Crippen LogP contribution in [-0.4, -0.2) is 27.2 Å². The molecular weight excluding hydrogens is 451 g/mol. The van der Waals surface area contributed by atoms with Crippen molar-refractivity contribution < 1.29 is 36.9 Å². The van der Waals surface area contributed by atoms with E-state index in [1.165, 1.54) is 33.5 Å². The number of alkyl halides is 3. The first kappa shape index (κ1) is 24.5. The van der Waals surface area contributed by atoms with E-state index in [2.05, 4.69) is 5.32 Å². The van der Waals surface area contributed by atoms with Crippen LogP contribution in [0.25, 0.3) is 6.08 Å². The minimum atomic E-state index is -4.60. The number of carbonyl (C=O) groups excluding carboxylic acids is 1. The summed E-state index contributed by atoms with van der Waals surface area (Å²) in [4.78, 5) is 12.6. The Morgan fingerprint density at radius 3 is 2.18 bits per heavy atom. The Hall–Kier alpha value is -4.14. The molecular formula is C25H22F3NO5. The van der Waals surface area contributed by atoms with E-state index in [4.69, 9.17) is 18.9 Å². The summed E-state index contributed by atoms with van der Waals surface area (Å²) in [6, 6.07) is 14.4. The van der Waals surface area contributed by atoms with Gasteiger partial charge in [-0.3, -0.25) is 4.79 Å². The number of benzene rings is 3. The van der Waals surface area contributed by atoms with Crippen LogP contribution in [-0.2, 0) is 11.0 Å². The molecule has 0 saturated carbocycles. The quantitative estimate of drug-likeness (QED) is 0.396. The van der Waals surface area contributed by atoms with Gasteiger partial charge in [-0.25, -0.2) is 0 Å². The molecule has 0 bridgehead atoms. The highest BCUT2D eigenvalue weighted by molar-refractivity contribution is 6.03. The van der Waals surface area contributed by atoms with Crippen molar-refractivity contribution in [2.75, 3.05) is 26.6 Å². The summed E-state index contributed by atoms with van der Waals surface area (Å²) in [6.45, 7) is 0. The van der Waals surface area contributed by atoms with E-state index in [0.717, 1.165) is 18.2 Å². The molecule has 6 nitrogen and oxygen atoms in total. The van der Waals surface area contributed by atoms with E-state index >= 15 is 0 Å². The fourth-order valence-electron chi connectivity index (χ4n) is 2.99. The average Bonchev–Trinajstić information content (AvgIpc) is 2.83. The summed E-state index contributed by atoms with van der Waals surface area (Å²) in [5.74, 6) is 1.23. The van der Waals surface area contributed by atoms with Gasteiger partial charge in [-0.05, 0) is 54.6 Å². The third-order valence-corrected chi connectivity index (χ3v) is 4.68. The molecule has 0 atom stereocenters. The Morgan fingerprint density at radius 1 is 0.824 bits per heavy atom. The summed E-state index contributed by atoms with van der Waals surface area (Å²) in [7, 11) is 4.45. The number of hydrogen-bond acceptors (Lipinski definition) is 5. The predicted molar refractivity (Wildman–Crippen MR) is 122 cm³/mol. The number of carbonyl (C=O) groups is 1. The van der Waals surface area contributed by atoms with Crippen molar-refractivity contribution in [2.45, 2.75) is 6.18 Å². The molecule has 0 aliphatic rings. The van der Waals surface area contributed by atoms with Gasteiger partial charge in [0.15, 0.2) is 5.75 Å². The lowest BCUT2D eigenvalue weighted by atomic mass is 10.1. The van der Waals surface area contributed by atoms with Crippen molar-refractivity contribution in [3.63, 3.8) is 0 Å². The maximum Gasteiger partial charge on any atom is 0.416 e.